The Morgan fingerprint density at radius 2 is 1.90 bits per heavy atom. The molecule has 2 rings (SSSR count). The molecule has 7 heteroatoms. The van der Waals surface area contributed by atoms with Crippen LogP contribution in [0.2, 0.25) is 0 Å². The Kier molecular flexibility index (Phi) is 4.64. The quantitative estimate of drug-likeness (QED) is 0.466. The fourth-order valence-electron chi connectivity index (χ4n) is 1.59. The van der Waals surface area contributed by atoms with Crippen molar-refractivity contribution in [3.63, 3.8) is 0 Å². The highest BCUT2D eigenvalue weighted by molar-refractivity contribution is 9.10. The van der Waals surface area contributed by atoms with Gasteiger partial charge in [-0.15, -0.1) is 0 Å². The number of halogens is 2. The van der Waals surface area contributed by atoms with E-state index in [1.807, 2.05) is 0 Å². The predicted molar refractivity (Wildman–Crippen MR) is 77.0 cm³/mol. The van der Waals surface area contributed by atoms with Crippen molar-refractivity contribution >= 4 is 27.4 Å². The summed E-state index contributed by atoms with van der Waals surface area (Å²) in [4.78, 5) is 21.8. The number of Topliss-reactive ketones (excluding diaryl/α,β-unsaturated/α-hetero) is 1. The molecule has 0 saturated carbocycles. The highest BCUT2D eigenvalue weighted by Gasteiger charge is 2.11. The van der Waals surface area contributed by atoms with E-state index in [1.165, 1.54) is 36.4 Å². The molecule has 0 aliphatic rings. The van der Waals surface area contributed by atoms with E-state index in [4.69, 9.17) is 4.74 Å². The van der Waals surface area contributed by atoms with E-state index in [0.29, 0.717) is 4.47 Å². The molecule has 0 atom stereocenters. The SMILES string of the molecule is O=C(COc1ccc(Br)cc1F)c1ccc([N+](=O)[O-])cc1. The van der Waals surface area contributed by atoms with Crippen molar-refractivity contribution in [2.24, 2.45) is 0 Å². The Morgan fingerprint density at radius 1 is 1.24 bits per heavy atom. The van der Waals surface area contributed by atoms with Gasteiger partial charge >= 0.3 is 0 Å². The number of carbonyl (C=O) groups is 1. The topological polar surface area (TPSA) is 69.4 Å². The summed E-state index contributed by atoms with van der Waals surface area (Å²) in [7, 11) is 0. The molecule has 5 nitrogen and oxygen atoms in total. The molecular formula is C14H9BrFNO4. The van der Waals surface area contributed by atoms with Crippen molar-refractivity contribution in [1.29, 1.82) is 0 Å². The van der Waals surface area contributed by atoms with Gasteiger partial charge in [0.1, 0.15) is 0 Å². The average molecular weight is 354 g/mol. The number of non-ortho nitro benzene ring substituents is 1. The second-order valence-corrected chi connectivity index (χ2v) is 5.01. The third-order valence-corrected chi connectivity index (χ3v) is 3.15. The Labute approximate surface area is 127 Å². The molecule has 108 valence electrons. The molecular weight excluding hydrogens is 345 g/mol. The largest absolute Gasteiger partial charge is 0.482 e. The first kappa shape index (κ1) is 15.1. The van der Waals surface area contributed by atoms with Crippen LogP contribution in [0.3, 0.4) is 0 Å². The zero-order valence-electron chi connectivity index (χ0n) is 10.6. The van der Waals surface area contributed by atoms with Crippen molar-refractivity contribution in [1.82, 2.24) is 0 Å². The first-order chi connectivity index (χ1) is 9.97. The van der Waals surface area contributed by atoms with Gasteiger partial charge in [0, 0.05) is 22.2 Å². The van der Waals surface area contributed by atoms with E-state index in [-0.39, 0.29) is 23.6 Å². The summed E-state index contributed by atoms with van der Waals surface area (Å²) >= 11 is 3.11. The fourth-order valence-corrected chi connectivity index (χ4v) is 1.92. The van der Waals surface area contributed by atoms with Crippen LogP contribution >= 0.6 is 15.9 Å². The lowest BCUT2D eigenvalue weighted by atomic mass is 10.1. The Bertz CT molecular complexity index is 688. The first-order valence-electron chi connectivity index (χ1n) is 5.83. The van der Waals surface area contributed by atoms with Crippen LogP contribution in [0, 0.1) is 15.9 Å². The second kappa shape index (κ2) is 6.45. The van der Waals surface area contributed by atoms with Gasteiger partial charge < -0.3 is 4.74 Å². The van der Waals surface area contributed by atoms with Gasteiger partial charge in [-0.1, -0.05) is 15.9 Å². The van der Waals surface area contributed by atoms with Gasteiger partial charge in [0.05, 0.1) is 4.92 Å². The summed E-state index contributed by atoms with van der Waals surface area (Å²) in [6.07, 6.45) is 0. The van der Waals surface area contributed by atoms with E-state index in [9.17, 15) is 19.3 Å². The summed E-state index contributed by atoms with van der Waals surface area (Å²) in [5, 5.41) is 10.5. The smallest absolute Gasteiger partial charge is 0.269 e. The minimum Gasteiger partial charge on any atom is -0.482 e. The van der Waals surface area contributed by atoms with Gasteiger partial charge in [-0.3, -0.25) is 14.9 Å². The van der Waals surface area contributed by atoms with Crippen molar-refractivity contribution in [2.75, 3.05) is 6.61 Å². The molecule has 0 spiro atoms. The van der Waals surface area contributed by atoms with E-state index in [0.717, 1.165) is 0 Å². The Morgan fingerprint density at radius 3 is 2.48 bits per heavy atom. The molecule has 0 heterocycles. The third kappa shape index (κ3) is 3.85. The lowest BCUT2D eigenvalue weighted by molar-refractivity contribution is -0.384. The van der Waals surface area contributed by atoms with E-state index in [1.54, 1.807) is 6.07 Å². The average Bonchev–Trinajstić information content (AvgIpc) is 2.46. The molecule has 2 aromatic rings. The number of hydrogen-bond acceptors (Lipinski definition) is 4. The minimum absolute atomic E-state index is 0.0338. The molecule has 2 aromatic carbocycles. The van der Waals surface area contributed by atoms with Gasteiger partial charge in [0.25, 0.3) is 5.69 Å². The summed E-state index contributed by atoms with van der Waals surface area (Å²) in [6, 6.07) is 9.35. The van der Waals surface area contributed by atoms with E-state index < -0.39 is 16.5 Å². The number of nitro groups is 1. The van der Waals surface area contributed by atoms with Crippen LogP contribution in [0.1, 0.15) is 10.4 Å². The van der Waals surface area contributed by atoms with Crippen LogP contribution in [0.15, 0.2) is 46.9 Å². The van der Waals surface area contributed by atoms with Crippen LogP contribution < -0.4 is 4.74 Å². The summed E-state index contributed by atoms with van der Waals surface area (Å²) in [6.45, 7) is -0.351. The van der Waals surface area contributed by atoms with Gasteiger partial charge in [-0.25, -0.2) is 4.39 Å². The normalized spacial score (nSPS) is 10.2. The lowest BCUT2D eigenvalue weighted by Gasteiger charge is -2.06. The molecule has 0 unspecified atom stereocenters. The molecule has 0 N–H and O–H groups in total. The maximum atomic E-state index is 13.5. The number of ketones is 1. The van der Waals surface area contributed by atoms with Gasteiger partial charge in [-0.05, 0) is 30.3 Å². The summed E-state index contributed by atoms with van der Waals surface area (Å²) < 4.78 is 19.2. The molecule has 0 aliphatic carbocycles. The van der Waals surface area contributed by atoms with Gasteiger partial charge in [0.15, 0.2) is 24.0 Å². The first-order valence-corrected chi connectivity index (χ1v) is 6.62. The molecule has 0 saturated heterocycles. The van der Waals surface area contributed by atoms with Gasteiger partial charge in [0.2, 0.25) is 0 Å². The van der Waals surface area contributed by atoms with Gasteiger partial charge in [-0.2, -0.15) is 0 Å². The van der Waals surface area contributed by atoms with Crippen LogP contribution in [0.5, 0.6) is 5.75 Å². The van der Waals surface area contributed by atoms with Crippen molar-refractivity contribution < 1.29 is 18.8 Å². The Balaban J connectivity index is 2.02. The number of rotatable bonds is 5. The van der Waals surface area contributed by atoms with Crippen LogP contribution in [-0.4, -0.2) is 17.3 Å². The molecule has 0 radical (unpaired) electrons. The molecule has 0 aromatic heterocycles. The monoisotopic (exact) mass is 353 g/mol. The predicted octanol–water partition coefficient (Wildman–Crippen LogP) is 3.76. The van der Waals surface area contributed by atoms with Crippen molar-refractivity contribution in [3.8, 4) is 5.75 Å². The maximum Gasteiger partial charge on any atom is 0.269 e. The number of hydrogen-bond donors (Lipinski definition) is 0. The van der Waals surface area contributed by atoms with E-state index in [2.05, 4.69) is 15.9 Å². The molecule has 0 amide bonds. The zero-order chi connectivity index (χ0) is 15.4. The minimum atomic E-state index is -0.583. The van der Waals surface area contributed by atoms with Crippen LogP contribution in [-0.2, 0) is 0 Å². The van der Waals surface area contributed by atoms with Crippen LogP contribution in [0.25, 0.3) is 0 Å². The maximum absolute atomic E-state index is 13.5. The van der Waals surface area contributed by atoms with E-state index >= 15 is 0 Å². The number of nitro benzene ring substituents is 1. The summed E-state index contributed by atoms with van der Waals surface area (Å²) in [5.74, 6) is -1.01. The number of carbonyl (C=O) groups excluding carboxylic acids is 1. The Hall–Kier alpha value is -2.28. The zero-order valence-corrected chi connectivity index (χ0v) is 12.2. The highest BCUT2D eigenvalue weighted by atomic mass is 79.9. The lowest BCUT2D eigenvalue weighted by Crippen LogP contribution is -2.12. The fraction of sp³-hybridized carbons (Fsp3) is 0.0714. The van der Waals surface area contributed by atoms with Crippen molar-refractivity contribution in [3.05, 3.63) is 68.4 Å². The molecule has 0 fully saturated rings. The van der Waals surface area contributed by atoms with Crippen molar-refractivity contribution in [2.45, 2.75) is 0 Å². The number of ether oxygens (including phenoxy) is 1. The highest BCUT2D eigenvalue weighted by Crippen LogP contribution is 2.21. The standard InChI is InChI=1S/C14H9BrFNO4/c15-10-3-6-14(12(16)7-10)21-8-13(18)9-1-4-11(5-2-9)17(19)20/h1-7H,8H2. The molecule has 0 bridgehead atoms. The number of benzene rings is 2. The number of nitrogens with zero attached hydrogens (tertiary/aromatic N) is 1. The second-order valence-electron chi connectivity index (χ2n) is 4.09. The molecule has 21 heavy (non-hydrogen) atoms. The summed E-state index contributed by atoms with van der Waals surface area (Å²) in [5.41, 5.74) is 0.157. The molecule has 0 aliphatic heterocycles. The third-order valence-electron chi connectivity index (χ3n) is 2.65. The van der Waals surface area contributed by atoms with Crippen LogP contribution in [0.4, 0.5) is 10.1 Å².